The van der Waals surface area contributed by atoms with E-state index in [4.69, 9.17) is 5.11 Å². The van der Waals surface area contributed by atoms with E-state index in [9.17, 15) is 4.39 Å². The Bertz CT molecular complexity index is 291. The van der Waals surface area contributed by atoms with Gasteiger partial charge in [-0.3, -0.25) is 0 Å². The first-order valence-electron chi connectivity index (χ1n) is 3.97. The zero-order chi connectivity index (χ0) is 9.84. The average Bonchev–Trinajstić information content (AvgIpc) is 2.07. The third-order valence-electron chi connectivity index (χ3n) is 1.54. The Morgan fingerprint density at radius 2 is 2.31 bits per heavy atom. The molecular formula is C9H11FINO. The van der Waals surface area contributed by atoms with Crippen molar-refractivity contribution in [2.45, 2.75) is 13.0 Å². The number of benzene rings is 1. The Labute approximate surface area is 90.3 Å². The number of anilines is 1. The lowest BCUT2D eigenvalue weighted by Gasteiger charge is -2.10. The second-order valence-electron chi connectivity index (χ2n) is 2.83. The molecule has 1 aromatic carbocycles. The van der Waals surface area contributed by atoms with Crippen LogP contribution in [0, 0.1) is 9.39 Å². The van der Waals surface area contributed by atoms with Crippen LogP contribution in [-0.2, 0) is 0 Å². The maximum atomic E-state index is 13.0. The van der Waals surface area contributed by atoms with E-state index in [1.807, 2.05) is 22.6 Å². The molecule has 0 heterocycles. The van der Waals surface area contributed by atoms with Crippen LogP contribution >= 0.6 is 22.6 Å². The molecule has 4 heteroatoms. The standard InChI is InChI=1S/C9H11FINO/c1-6(13)5-12-8-4-2-3-7(10)9(8)11/h2-4,6,12-13H,5H2,1H3/t6-/m0/s1. The van der Waals surface area contributed by atoms with E-state index in [1.54, 1.807) is 19.1 Å². The van der Waals surface area contributed by atoms with Crippen molar-refractivity contribution in [1.82, 2.24) is 0 Å². The number of hydrogen-bond acceptors (Lipinski definition) is 2. The van der Waals surface area contributed by atoms with Gasteiger partial charge in [0, 0.05) is 6.54 Å². The van der Waals surface area contributed by atoms with Crippen LogP contribution in [0.2, 0.25) is 0 Å². The Balaban J connectivity index is 2.71. The molecule has 2 nitrogen and oxygen atoms in total. The molecule has 0 saturated carbocycles. The molecule has 0 saturated heterocycles. The van der Waals surface area contributed by atoms with Gasteiger partial charge in [0.2, 0.25) is 0 Å². The lowest BCUT2D eigenvalue weighted by Crippen LogP contribution is -2.16. The minimum Gasteiger partial charge on any atom is -0.392 e. The lowest BCUT2D eigenvalue weighted by atomic mass is 10.3. The van der Waals surface area contributed by atoms with Crippen LogP contribution in [0.1, 0.15) is 6.92 Å². The Morgan fingerprint density at radius 3 is 2.92 bits per heavy atom. The molecule has 0 spiro atoms. The van der Waals surface area contributed by atoms with Crippen LogP contribution < -0.4 is 5.32 Å². The fourth-order valence-corrected chi connectivity index (χ4v) is 1.45. The number of hydrogen-bond donors (Lipinski definition) is 2. The van der Waals surface area contributed by atoms with Crippen molar-refractivity contribution < 1.29 is 9.50 Å². The Morgan fingerprint density at radius 1 is 1.62 bits per heavy atom. The van der Waals surface area contributed by atoms with Gasteiger partial charge in [-0.15, -0.1) is 0 Å². The highest BCUT2D eigenvalue weighted by atomic mass is 127. The number of aliphatic hydroxyl groups excluding tert-OH is 1. The largest absolute Gasteiger partial charge is 0.392 e. The van der Waals surface area contributed by atoms with Gasteiger partial charge >= 0.3 is 0 Å². The van der Waals surface area contributed by atoms with Gasteiger partial charge in [-0.2, -0.15) is 0 Å². The van der Waals surface area contributed by atoms with Gasteiger partial charge in [0.05, 0.1) is 15.4 Å². The van der Waals surface area contributed by atoms with E-state index in [0.29, 0.717) is 10.1 Å². The SMILES string of the molecule is C[C@H](O)CNc1cccc(F)c1I. The highest BCUT2D eigenvalue weighted by Crippen LogP contribution is 2.20. The van der Waals surface area contributed by atoms with Crippen molar-refractivity contribution in [3.05, 3.63) is 27.6 Å². The van der Waals surface area contributed by atoms with Gasteiger partial charge in [-0.1, -0.05) is 6.07 Å². The topological polar surface area (TPSA) is 32.3 Å². The monoisotopic (exact) mass is 295 g/mol. The van der Waals surface area contributed by atoms with Gasteiger partial charge in [-0.05, 0) is 41.6 Å². The van der Waals surface area contributed by atoms with Gasteiger partial charge in [0.15, 0.2) is 0 Å². The minimum absolute atomic E-state index is 0.240. The molecule has 0 aliphatic carbocycles. The second-order valence-corrected chi connectivity index (χ2v) is 3.91. The summed E-state index contributed by atoms with van der Waals surface area (Å²) in [7, 11) is 0. The van der Waals surface area contributed by atoms with Gasteiger partial charge in [0.1, 0.15) is 5.82 Å². The van der Waals surface area contributed by atoms with Gasteiger partial charge < -0.3 is 10.4 Å². The fraction of sp³-hybridized carbons (Fsp3) is 0.333. The van der Waals surface area contributed by atoms with E-state index >= 15 is 0 Å². The molecule has 0 unspecified atom stereocenters. The Kier molecular flexibility index (Phi) is 3.92. The van der Waals surface area contributed by atoms with Crippen molar-refractivity contribution in [2.24, 2.45) is 0 Å². The predicted octanol–water partition coefficient (Wildman–Crippen LogP) is 2.22. The highest BCUT2D eigenvalue weighted by molar-refractivity contribution is 14.1. The van der Waals surface area contributed by atoms with Crippen molar-refractivity contribution in [2.75, 3.05) is 11.9 Å². The normalized spacial score (nSPS) is 12.6. The molecule has 72 valence electrons. The first-order valence-corrected chi connectivity index (χ1v) is 5.05. The molecular weight excluding hydrogens is 284 g/mol. The van der Waals surface area contributed by atoms with Crippen LogP contribution in [-0.4, -0.2) is 17.8 Å². The van der Waals surface area contributed by atoms with Crippen LogP contribution in [0.4, 0.5) is 10.1 Å². The van der Waals surface area contributed by atoms with Crippen molar-refractivity contribution in [3.8, 4) is 0 Å². The summed E-state index contributed by atoms with van der Waals surface area (Å²) in [5.74, 6) is -0.240. The second kappa shape index (κ2) is 4.76. The molecule has 0 bridgehead atoms. The quantitative estimate of drug-likeness (QED) is 0.838. The maximum Gasteiger partial charge on any atom is 0.138 e. The molecule has 13 heavy (non-hydrogen) atoms. The fourth-order valence-electron chi connectivity index (χ4n) is 0.898. The Hall–Kier alpha value is -0.360. The third kappa shape index (κ3) is 3.11. The van der Waals surface area contributed by atoms with E-state index < -0.39 is 6.10 Å². The first-order chi connectivity index (χ1) is 6.11. The summed E-state index contributed by atoms with van der Waals surface area (Å²) in [4.78, 5) is 0. The summed E-state index contributed by atoms with van der Waals surface area (Å²) in [6.45, 7) is 2.11. The molecule has 0 aromatic heterocycles. The number of aliphatic hydroxyl groups is 1. The van der Waals surface area contributed by atoms with E-state index in [2.05, 4.69) is 5.32 Å². The molecule has 0 aliphatic rings. The van der Waals surface area contributed by atoms with Crippen molar-refractivity contribution >= 4 is 28.3 Å². The maximum absolute atomic E-state index is 13.0. The molecule has 0 fully saturated rings. The molecule has 0 radical (unpaired) electrons. The zero-order valence-corrected chi connectivity index (χ0v) is 9.38. The smallest absolute Gasteiger partial charge is 0.138 e. The van der Waals surface area contributed by atoms with Crippen molar-refractivity contribution in [3.63, 3.8) is 0 Å². The van der Waals surface area contributed by atoms with Gasteiger partial charge in [-0.25, -0.2) is 4.39 Å². The molecule has 2 N–H and O–H groups in total. The summed E-state index contributed by atoms with van der Waals surface area (Å²) in [5, 5.41) is 12.0. The van der Waals surface area contributed by atoms with Crippen LogP contribution in [0.15, 0.2) is 18.2 Å². The number of nitrogens with one attached hydrogen (secondary N) is 1. The van der Waals surface area contributed by atoms with E-state index in [-0.39, 0.29) is 5.82 Å². The molecule has 1 aromatic rings. The average molecular weight is 295 g/mol. The summed E-state index contributed by atoms with van der Waals surface area (Å²) < 4.78 is 13.5. The third-order valence-corrected chi connectivity index (χ3v) is 2.64. The lowest BCUT2D eigenvalue weighted by molar-refractivity contribution is 0.208. The summed E-state index contributed by atoms with van der Waals surface area (Å²) in [5.41, 5.74) is 0.724. The van der Waals surface area contributed by atoms with E-state index in [0.717, 1.165) is 5.69 Å². The minimum atomic E-state index is -0.431. The zero-order valence-electron chi connectivity index (χ0n) is 7.22. The molecule has 1 rings (SSSR count). The highest BCUT2D eigenvalue weighted by Gasteiger charge is 2.04. The van der Waals surface area contributed by atoms with Crippen molar-refractivity contribution in [1.29, 1.82) is 0 Å². The molecule has 1 atom stereocenters. The summed E-state index contributed by atoms with van der Waals surface area (Å²) >= 11 is 1.93. The number of halogens is 2. The van der Waals surface area contributed by atoms with Crippen LogP contribution in [0.5, 0.6) is 0 Å². The number of rotatable bonds is 3. The van der Waals surface area contributed by atoms with Crippen LogP contribution in [0.25, 0.3) is 0 Å². The first kappa shape index (κ1) is 10.7. The summed E-state index contributed by atoms with van der Waals surface area (Å²) in [6, 6.07) is 4.84. The predicted molar refractivity (Wildman–Crippen MR) is 59.3 cm³/mol. The molecule has 0 amide bonds. The van der Waals surface area contributed by atoms with Gasteiger partial charge in [0.25, 0.3) is 0 Å². The summed E-state index contributed by atoms with van der Waals surface area (Å²) in [6.07, 6.45) is -0.431. The van der Waals surface area contributed by atoms with E-state index in [1.165, 1.54) is 6.07 Å². The molecule has 0 aliphatic heterocycles. The van der Waals surface area contributed by atoms with Crippen LogP contribution in [0.3, 0.4) is 0 Å².